The monoisotopic (exact) mass is 403 g/mol. The number of nitrogens with zero attached hydrogens (tertiary/aromatic N) is 4. The molecule has 1 N–H and O–H groups in total. The van der Waals surface area contributed by atoms with Gasteiger partial charge in [-0.2, -0.15) is 0 Å². The Balaban J connectivity index is 1.12. The molecule has 0 radical (unpaired) electrons. The summed E-state index contributed by atoms with van der Waals surface area (Å²) >= 11 is 0. The Labute approximate surface area is 175 Å². The van der Waals surface area contributed by atoms with Crippen LogP contribution in [0.5, 0.6) is 0 Å². The van der Waals surface area contributed by atoms with E-state index in [0.29, 0.717) is 18.7 Å². The van der Waals surface area contributed by atoms with Crippen molar-refractivity contribution < 1.29 is 9.59 Å². The lowest BCUT2D eigenvalue weighted by atomic mass is 9.96. The molecule has 7 nitrogen and oxygen atoms in total. The van der Waals surface area contributed by atoms with Gasteiger partial charge in [0.1, 0.15) is 0 Å². The first kappa shape index (κ1) is 18.8. The van der Waals surface area contributed by atoms with Gasteiger partial charge in [0.15, 0.2) is 0 Å². The molecule has 2 aliphatic heterocycles. The molecule has 7 heteroatoms. The van der Waals surface area contributed by atoms with Gasteiger partial charge in [-0.15, -0.1) is 0 Å². The van der Waals surface area contributed by atoms with E-state index in [4.69, 9.17) is 0 Å². The van der Waals surface area contributed by atoms with Gasteiger partial charge < -0.3 is 14.8 Å². The third kappa shape index (κ3) is 3.57. The molecular weight excluding hydrogens is 378 g/mol. The highest BCUT2D eigenvalue weighted by Crippen LogP contribution is 2.25. The molecule has 5 rings (SSSR count). The lowest BCUT2D eigenvalue weighted by Gasteiger charge is -2.42. The molecule has 0 atom stereocenters. The summed E-state index contributed by atoms with van der Waals surface area (Å²) < 4.78 is 0. The number of para-hydroxylation sites is 1. The first-order valence-electron chi connectivity index (χ1n) is 10.5. The highest BCUT2D eigenvalue weighted by atomic mass is 16.2. The average Bonchev–Trinajstić information content (AvgIpc) is 3.18. The fourth-order valence-corrected chi connectivity index (χ4v) is 4.32. The first-order chi connectivity index (χ1) is 14.7. The van der Waals surface area contributed by atoms with Gasteiger partial charge in [0, 0.05) is 69.1 Å². The number of rotatable bonds is 4. The van der Waals surface area contributed by atoms with E-state index in [1.54, 1.807) is 11.1 Å². The topological polar surface area (TPSA) is 72.5 Å². The number of hydrogen-bond donors (Lipinski definition) is 1. The normalized spacial score (nSPS) is 17.9. The van der Waals surface area contributed by atoms with Gasteiger partial charge in [0.05, 0.1) is 17.2 Å². The van der Waals surface area contributed by atoms with Gasteiger partial charge >= 0.3 is 0 Å². The van der Waals surface area contributed by atoms with Gasteiger partial charge in [-0.05, 0) is 18.2 Å². The van der Waals surface area contributed by atoms with Gasteiger partial charge in [-0.1, -0.05) is 24.3 Å². The van der Waals surface area contributed by atoms with Gasteiger partial charge in [-0.25, -0.2) is 0 Å². The Bertz CT molecular complexity index is 1050. The maximum absolute atomic E-state index is 12.9. The summed E-state index contributed by atoms with van der Waals surface area (Å²) in [7, 11) is 0. The fourth-order valence-electron chi connectivity index (χ4n) is 4.32. The van der Waals surface area contributed by atoms with E-state index in [1.165, 1.54) is 0 Å². The van der Waals surface area contributed by atoms with Crippen molar-refractivity contribution in [1.82, 2.24) is 24.7 Å². The fraction of sp³-hybridized carbons (Fsp3) is 0.348. The number of piperazine rings is 1. The van der Waals surface area contributed by atoms with Crippen LogP contribution in [-0.4, -0.2) is 75.8 Å². The predicted molar refractivity (Wildman–Crippen MR) is 114 cm³/mol. The number of H-pyrrole nitrogens is 1. The van der Waals surface area contributed by atoms with Crippen molar-refractivity contribution in [3.8, 4) is 0 Å². The molecule has 154 valence electrons. The molecule has 2 fully saturated rings. The first-order valence-corrected chi connectivity index (χ1v) is 10.5. The third-order valence-electron chi connectivity index (χ3n) is 6.13. The third-order valence-corrected chi connectivity index (χ3v) is 6.13. The number of fused-ring (bicyclic) bond motifs is 1. The average molecular weight is 403 g/mol. The summed E-state index contributed by atoms with van der Waals surface area (Å²) in [6, 6.07) is 13.7. The molecule has 2 aliphatic rings. The quantitative estimate of drug-likeness (QED) is 0.723. The van der Waals surface area contributed by atoms with Crippen LogP contribution in [0.4, 0.5) is 0 Å². The van der Waals surface area contributed by atoms with Gasteiger partial charge in [0.25, 0.3) is 5.91 Å². The van der Waals surface area contributed by atoms with Crippen LogP contribution in [0, 0.1) is 5.92 Å². The molecule has 0 aliphatic carbocycles. The lowest BCUT2D eigenvalue weighted by Crippen LogP contribution is -2.59. The maximum atomic E-state index is 12.9. The van der Waals surface area contributed by atoms with Gasteiger partial charge in [0.2, 0.25) is 5.91 Å². The van der Waals surface area contributed by atoms with E-state index in [0.717, 1.165) is 49.3 Å². The van der Waals surface area contributed by atoms with Crippen molar-refractivity contribution in [2.24, 2.45) is 5.92 Å². The Morgan fingerprint density at radius 2 is 1.73 bits per heavy atom. The SMILES string of the molecule is O=C(c1c[nH]c2ccccc12)N1CC(C(=O)N2CCN(Cc3ccccn3)CC2)C1. The Morgan fingerprint density at radius 3 is 2.50 bits per heavy atom. The minimum absolute atomic E-state index is 0.00307. The molecule has 4 heterocycles. The second kappa shape index (κ2) is 7.91. The smallest absolute Gasteiger partial charge is 0.256 e. The predicted octanol–water partition coefficient (Wildman–Crippen LogP) is 1.98. The van der Waals surface area contributed by atoms with Crippen molar-refractivity contribution in [3.05, 3.63) is 66.1 Å². The second-order valence-corrected chi connectivity index (χ2v) is 8.08. The zero-order valence-corrected chi connectivity index (χ0v) is 16.8. The van der Waals surface area contributed by atoms with E-state index in [1.807, 2.05) is 53.6 Å². The number of pyridine rings is 1. The van der Waals surface area contributed by atoms with Crippen LogP contribution in [-0.2, 0) is 11.3 Å². The van der Waals surface area contributed by atoms with Crippen molar-refractivity contribution in [1.29, 1.82) is 0 Å². The number of aromatic amines is 1. The number of carbonyl (C=O) groups excluding carboxylic acids is 2. The van der Waals surface area contributed by atoms with E-state index in [-0.39, 0.29) is 17.7 Å². The highest BCUT2D eigenvalue weighted by molar-refractivity contribution is 6.07. The molecule has 30 heavy (non-hydrogen) atoms. The minimum Gasteiger partial charge on any atom is -0.360 e. The number of nitrogens with one attached hydrogen (secondary N) is 1. The Kier molecular flexibility index (Phi) is 4.96. The molecule has 0 saturated carbocycles. The summed E-state index contributed by atoms with van der Waals surface area (Å²) in [5.74, 6) is 0.0913. The molecule has 0 bridgehead atoms. The highest BCUT2D eigenvalue weighted by Gasteiger charge is 2.39. The number of hydrogen-bond acceptors (Lipinski definition) is 4. The van der Waals surface area contributed by atoms with Crippen LogP contribution in [0.1, 0.15) is 16.1 Å². The van der Waals surface area contributed by atoms with Crippen LogP contribution in [0.15, 0.2) is 54.9 Å². The largest absolute Gasteiger partial charge is 0.360 e. The Morgan fingerprint density at radius 1 is 0.967 bits per heavy atom. The molecule has 2 saturated heterocycles. The molecule has 0 unspecified atom stereocenters. The maximum Gasteiger partial charge on any atom is 0.256 e. The summed E-state index contributed by atoms with van der Waals surface area (Å²) in [5, 5.41) is 0.932. The van der Waals surface area contributed by atoms with E-state index in [9.17, 15) is 9.59 Å². The second-order valence-electron chi connectivity index (χ2n) is 8.08. The van der Waals surface area contributed by atoms with Crippen molar-refractivity contribution in [2.75, 3.05) is 39.3 Å². The lowest BCUT2D eigenvalue weighted by molar-refractivity contribution is -0.141. The minimum atomic E-state index is -0.0819. The summed E-state index contributed by atoms with van der Waals surface area (Å²) in [6.45, 7) is 5.01. The van der Waals surface area contributed by atoms with Crippen LogP contribution in [0.25, 0.3) is 10.9 Å². The van der Waals surface area contributed by atoms with Crippen molar-refractivity contribution in [2.45, 2.75) is 6.54 Å². The van der Waals surface area contributed by atoms with E-state index >= 15 is 0 Å². The van der Waals surface area contributed by atoms with E-state index in [2.05, 4.69) is 14.9 Å². The van der Waals surface area contributed by atoms with E-state index < -0.39 is 0 Å². The molecule has 0 spiro atoms. The summed E-state index contributed by atoms with van der Waals surface area (Å²) in [4.78, 5) is 39.3. The zero-order chi connectivity index (χ0) is 20.5. The molecular formula is C23H25N5O2. The molecule has 1 aromatic carbocycles. The summed E-state index contributed by atoms with van der Waals surface area (Å²) in [6.07, 6.45) is 3.58. The molecule has 2 amide bonds. The number of carbonyl (C=O) groups is 2. The van der Waals surface area contributed by atoms with Crippen LogP contribution < -0.4 is 0 Å². The summed E-state index contributed by atoms with van der Waals surface area (Å²) in [5.41, 5.74) is 2.69. The Hall–Kier alpha value is -3.19. The number of likely N-dealkylation sites (tertiary alicyclic amines) is 1. The standard InChI is InChI=1S/C23H25N5O2/c29-22(27-11-9-26(10-12-27)16-18-5-3-4-8-24-18)17-14-28(15-17)23(30)20-13-25-21-7-2-1-6-19(20)21/h1-8,13,17,25H,9-12,14-16H2. The van der Waals surface area contributed by atoms with Gasteiger partial charge in [-0.3, -0.25) is 19.5 Å². The molecule has 3 aromatic rings. The van der Waals surface area contributed by atoms with Crippen LogP contribution in [0.2, 0.25) is 0 Å². The van der Waals surface area contributed by atoms with Crippen LogP contribution in [0.3, 0.4) is 0 Å². The number of benzene rings is 1. The zero-order valence-electron chi connectivity index (χ0n) is 16.8. The molecule has 2 aromatic heterocycles. The number of amides is 2. The van der Waals surface area contributed by atoms with Crippen LogP contribution >= 0.6 is 0 Å². The van der Waals surface area contributed by atoms with Crippen molar-refractivity contribution in [3.63, 3.8) is 0 Å². The number of aromatic nitrogens is 2. The van der Waals surface area contributed by atoms with Crippen molar-refractivity contribution >= 4 is 22.7 Å².